The first-order valence-corrected chi connectivity index (χ1v) is 10.5. The Kier molecular flexibility index (Phi) is 6.71. The average Bonchev–Trinajstić information content (AvgIpc) is 3.32. The molecule has 0 aliphatic heterocycles. The van der Waals surface area contributed by atoms with Crippen LogP contribution in [0.5, 0.6) is 0 Å². The summed E-state index contributed by atoms with van der Waals surface area (Å²) in [6.07, 6.45) is 1.65. The molecule has 1 unspecified atom stereocenters. The molecule has 1 amide bonds. The zero-order valence-corrected chi connectivity index (χ0v) is 17.3. The molecule has 5 nitrogen and oxygen atoms in total. The first-order chi connectivity index (χ1) is 13.0. The molecule has 7 heteroatoms. The van der Waals surface area contributed by atoms with Gasteiger partial charge in [0.25, 0.3) is 5.91 Å². The van der Waals surface area contributed by atoms with Gasteiger partial charge in [-0.1, -0.05) is 0 Å². The first-order valence-electron chi connectivity index (χ1n) is 8.65. The van der Waals surface area contributed by atoms with Gasteiger partial charge in [0, 0.05) is 28.1 Å². The van der Waals surface area contributed by atoms with Crippen LogP contribution >= 0.6 is 23.1 Å². The van der Waals surface area contributed by atoms with E-state index >= 15 is 0 Å². The van der Waals surface area contributed by atoms with Crippen LogP contribution in [0.25, 0.3) is 0 Å². The maximum Gasteiger partial charge on any atom is 0.251 e. The summed E-state index contributed by atoms with van der Waals surface area (Å²) >= 11 is 3.39. The van der Waals surface area contributed by atoms with E-state index in [4.69, 9.17) is 4.42 Å². The number of carbonyl (C=O) groups excluding carboxylic acids is 1. The van der Waals surface area contributed by atoms with Gasteiger partial charge in [0.15, 0.2) is 0 Å². The Bertz CT molecular complexity index is 858. The van der Waals surface area contributed by atoms with Crippen molar-refractivity contribution in [1.82, 2.24) is 15.2 Å². The van der Waals surface area contributed by atoms with Crippen LogP contribution in [-0.2, 0) is 5.75 Å². The van der Waals surface area contributed by atoms with E-state index in [0.29, 0.717) is 12.1 Å². The maximum absolute atomic E-state index is 12.5. The molecule has 2 heterocycles. The molecular formula is C20H23N3O2S2. The zero-order chi connectivity index (χ0) is 19.2. The molecule has 0 saturated carbocycles. The highest BCUT2D eigenvalue weighted by Crippen LogP contribution is 2.24. The van der Waals surface area contributed by atoms with Crippen molar-refractivity contribution in [2.24, 2.45) is 0 Å². The summed E-state index contributed by atoms with van der Waals surface area (Å²) in [5.74, 6) is 1.59. The highest BCUT2D eigenvalue weighted by atomic mass is 32.2. The van der Waals surface area contributed by atoms with Crippen LogP contribution in [0, 0.1) is 6.92 Å². The van der Waals surface area contributed by atoms with Crippen molar-refractivity contribution in [3.8, 4) is 0 Å². The minimum Gasteiger partial charge on any atom is -0.468 e. The number of nitrogens with one attached hydrogen (secondary N) is 1. The van der Waals surface area contributed by atoms with E-state index in [1.54, 1.807) is 29.4 Å². The van der Waals surface area contributed by atoms with E-state index in [1.807, 2.05) is 62.3 Å². The monoisotopic (exact) mass is 401 g/mol. The quantitative estimate of drug-likeness (QED) is 0.568. The molecule has 3 rings (SSSR count). The lowest BCUT2D eigenvalue weighted by molar-refractivity contribution is 0.0939. The number of benzene rings is 1. The fraction of sp³-hybridized carbons (Fsp3) is 0.300. The Hall–Kier alpha value is -2.09. The molecular weight excluding hydrogens is 378 g/mol. The van der Waals surface area contributed by atoms with Crippen LogP contribution in [0.2, 0.25) is 0 Å². The summed E-state index contributed by atoms with van der Waals surface area (Å²) in [7, 11) is 3.93. The number of aryl methyl sites for hydroxylation is 1. The van der Waals surface area contributed by atoms with Gasteiger partial charge in [-0.15, -0.1) is 23.1 Å². The number of nitrogens with zero attached hydrogens (tertiary/aromatic N) is 2. The van der Waals surface area contributed by atoms with Gasteiger partial charge in [-0.3, -0.25) is 9.69 Å². The molecule has 142 valence electrons. The van der Waals surface area contributed by atoms with Crippen LogP contribution in [0.4, 0.5) is 0 Å². The van der Waals surface area contributed by atoms with Gasteiger partial charge in [0.05, 0.1) is 23.0 Å². The van der Waals surface area contributed by atoms with Crippen molar-refractivity contribution in [2.45, 2.75) is 23.6 Å². The van der Waals surface area contributed by atoms with Gasteiger partial charge in [-0.2, -0.15) is 0 Å². The zero-order valence-electron chi connectivity index (χ0n) is 15.6. The summed E-state index contributed by atoms with van der Waals surface area (Å²) in [6, 6.07) is 11.5. The van der Waals surface area contributed by atoms with E-state index in [2.05, 4.69) is 15.7 Å². The van der Waals surface area contributed by atoms with Gasteiger partial charge >= 0.3 is 0 Å². The van der Waals surface area contributed by atoms with E-state index in [1.165, 1.54) is 0 Å². The van der Waals surface area contributed by atoms with Crippen LogP contribution < -0.4 is 5.32 Å². The highest BCUT2D eigenvalue weighted by molar-refractivity contribution is 7.98. The summed E-state index contributed by atoms with van der Waals surface area (Å²) in [4.78, 5) is 20.1. The second kappa shape index (κ2) is 9.21. The number of aromatic nitrogens is 1. The Morgan fingerprint density at radius 3 is 2.67 bits per heavy atom. The normalized spacial score (nSPS) is 12.3. The molecule has 0 fully saturated rings. The fourth-order valence-corrected chi connectivity index (χ4v) is 4.15. The van der Waals surface area contributed by atoms with Crippen molar-refractivity contribution in [3.63, 3.8) is 0 Å². The number of rotatable bonds is 8. The Labute approximate surface area is 167 Å². The number of amides is 1. The van der Waals surface area contributed by atoms with Crippen molar-refractivity contribution in [1.29, 1.82) is 0 Å². The average molecular weight is 402 g/mol. The Morgan fingerprint density at radius 2 is 2.07 bits per heavy atom. The second-order valence-electron chi connectivity index (χ2n) is 6.38. The third kappa shape index (κ3) is 5.45. The molecule has 1 atom stereocenters. The number of hydrogen-bond acceptors (Lipinski definition) is 6. The summed E-state index contributed by atoms with van der Waals surface area (Å²) in [5.41, 5.74) is 1.75. The second-order valence-corrected chi connectivity index (χ2v) is 8.49. The number of likely N-dealkylation sites (N-methyl/N-ethyl adjacent to an activating group) is 1. The molecule has 3 aromatic rings. The summed E-state index contributed by atoms with van der Waals surface area (Å²) in [6.45, 7) is 2.50. The van der Waals surface area contributed by atoms with Crippen LogP contribution in [0.15, 0.2) is 57.4 Å². The minimum absolute atomic E-state index is 0.000321. The predicted octanol–water partition coefficient (Wildman–Crippen LogP) is 4.37. The highest BCUT2D eigenvalue weighted by Gasteiger charge is 2.18. The molecule has 2 aromatic heterocycles. The molecule has 27 heavy (non-hydrogen) atoms. The smallest absolute Gasteiger partial charge is 0.251 e. The molecule has 1 N–H and O–H groups in total. The lowest BCUT2D eigenvalue weighted by atomic mass is 10.2. The molecule has 1 aromatic carbocycles. The van der Waals surface area contributed by atoms with Gasteiger partial charge in [-0.05, 0) is 57.4 Å². The Morgan fingerprint density at radius 1 is 1.30 bits per heavy atom. The number of carbonyl (C=O) groups is 1. The number of thioether (sulfide) groups is 1. The van der Waals surface area contributed by atoms with Gasteiger partial charge in [0.2, 0.25) is 0 Å². The SMILES string of the molecule is Cc1nc(CSc2ccc(C(=O)NCC(c3ccco3)N(C)C)cc2)cs1. The maximum atomic E-state index is 12.5. The fourth-order valence-electron chi connectivity index (χ4n) is 2.64. The molecule has 0 spiro atoms. The molecule has 0 aliphatic carbocycles. The van der Waals surface area contributed by atoms with Crippen molar-refractivity contribution in [2.75, 3.05) is 20.6 Å². The standard InChI is InChI=1S/C20H23N3O2S2/c1-14-22-16(12-26-14)13-27-17-8-6-15(7-9-17)20(24)21-11-18(23(2)3)19-5-4-10-25-19/h4-10,12,18H,11,13H2,1-3H3,(H,21,24). The topological polar surface area (TPSA) is 58.4 Å². The molecule has 0 aliphatic rings. The number of thiazole rings is 1. The van der Waals surface area contributed by atoms with Crippen molar-refractivity contribution < 1.29 is 9.21 Å². The largest absolute Gasteiger partial charge is 0.468 e. The van der Waals surface area contributed by atoms with E-state index in [0.717, 1.165) is 27.1 Å². The van der Waals surface area contributed by atoms with E-state index < -0.39 is 0 Å². The van der Waals surface area contributed by atoms with Gasteiger partial charge in [0.1, 0.15) is 5.76 Å². The first kappa shape index (κ1) is 19.7. The molecule has 0 radical (unpaired) electrons. The van der Waals surface area contributed by atoms with E-state index in [9.17, 15) is 4.79 Å². The Balaban J connectivity index is 1.53. The lowest BCUT2D eigenvalue weighted by Crippen LogP contribution is -2.34. The third-order valence-corrected chi connectivity index (χ3v) is 5.99. The number of furan rings is 1. The summed E-state index contributed by atoms with van der Waals surface area (Å²) in [5, 5.41) is 6.17. The van der Waals surface area contributed by atoms with Crippen molar-refractivity contribution in [3.05, 3.63) is 70.1 Å². The van der Waals surface area contributed by atoms with Gasteiger partial charge in [-0.25, -0.2) is 4.98 Å². The third-order valence-electron chi connectivity index (χ3n) is 4.12. The van der Waals surface area contributed by atoms with Gasteiger partial charge < -0.3 is 9.73 Å². The molecule has 0 bridgehead atoms. The van der Waals surface area contributed by atoms with Crippen molar-refractivity contribution >= 4 is 29.0 Å². The molecule has 0 saturated heterocycles. The van der Waals surface area contributed by atoms with Crippen LogP contribution in [-0.4, -0.2) is 36.4 Å². The van der Waals surface area contributed by atoms with E-state index in [-0.39, 0.29) is 11.9 Å². The summed E-state index contributed by atoms with van der Waals surface area (Å²) < 4.78 is 5.48. The predicted molar refractivity (Wildman–Crippen MR) is 110 cm³/mol. The van der Waals surface area contributed by atoms with Crippen LogP contribution in [0.1, 0.15) is 32.9 Å². The minimum atomic E-state index is -0.0833. The number of hydrogen-bond donors (Lipinski definition) is 1. The lowest BCUT2D eigenvalue weighted by Gasteiger charge is -2.22. The van der Waals surface area contributed by atoms with Crippen LogP contribution in [0.3, 0.4) is 0 Å².